The first-order valence-corrected chi connectivity index (χ1v) is 8.26. The minimum atomic E-state index is -1.10. The third kappa shape index (κ3) is 2.50. The van der Waals surface area contributed by atoms with Gasteiger partial charge < -0.3 is 5.11 Å². The van der Waals surface area contributed by atoms with Crippen molar-refractivity contribution in [2.24, 2.45) is 4.99 Å². The van der Waals surface area contributed by atoms with E-state index in [0.717, 1.165) is 0 Å². The van der Waals surface area contributed by atoms with Crippen molar-refractivity contribution in [2.75, 3.05) is 0 Å². The SMILES string of the molecule is Cc1c(C(=O)O)nn2c1CN=C(c1ccccc1F)c1cc(Cl)ccc1-2. The van der Waals surface area contributed by atoms with E-state index in [-0.39, 0.29) is 18.1 Å². The quantitative estimate of drug-likeness (QED) is 0.741. The fourth-order valence-corrected chi connectivity index (χ4v) is 3.30. The van der Waals surface area contributed by atoms with Crippen LogP contribution in [0.3, 0.4) is 0 Å². The lowest BCUT2D eigenvalue weighted by molar-refractivity contribution is 0.0689. The average Bonchev–Trinajstić information content (AvgIpc) is 2.85. The predicted molar refractivity (Wildman–Crippen MR) is 96.0 cm³/mol. The maximum Gasteiger partial charge on any atom is 0.356 e. The molecule has 1 aromatic heterocycles. The summed E-state index contributed by atoms with van der Waals surface area (Å²) < 4.78 is 15.9. The topological polar surface area (TPSA) is 67.5 Å². The van der Waals surface area contributed by atoms with Crippen LogP contribution in [0.4, 0.5) is 4.39 Å². The summed E-state index contributed by atoms with van der Waals surface area (Å²) in [6, 6.07) is 11.5. The van der Waals surface area contributed by atoms with Crippen LogP contribution < -0.4 is 0 Å². The van der Waals surface area contributed by atoms with Gasteiger partial charge in [-0.25, -0.2) is 13.9 Å². The summed E-state index contributed by atoms with van der Waals surface area (Å²) in [6.45, 7) is 1.88. The number of benzene rings is 2. The Morgan fingerprint density at radius 1 is 1.23 bits per heavy atom. The third-order valence-corrected chi connectivity index (χ3v) is 4.64. The van der Waals surface area contributed by atoms with Crippen molar-refractivity contribution in [2.45, 2.75) is 13.5 Å². The van der Waals surface area contributed by atoms with Gasteiger partial charge in [-0.05, 0) is 37.3 Å². The summed E-state index contributed by atoms with van der Waals surface area (Å²) in [5, 5.41) is 14.1. The van der Waals surface area contributed by atoms with Crippen LogP contribution in [0, 0.1) is 12.7 Å². The van der Waals surface area contributed by atoms with Crippen molar-refractivity contribution in [3.05, 3.63) is 81.4 Å². The van der Waals surface area contributed by atoms with Gasteiger partial charge in [0.25, 0.3) is 0 Å². The number of aromatic nitrogens is 2. The molecule has 130 valence electrons. The minimum absolute atomic E-state index is 0.0227. The zero-order valence-corrected chi connectivity index (χ0v) is 14.5. The smallest absolute Gasteiger partial charge is 0.356 e. The molecule has 7 heteroatoms. The lowest BCUT2D eigenvalue weighted by Crippen LogP contribution is -2.10. The Labute approximate surface area is 153 Å². The first kappa shape index (κ1) is 16.5. The molecule has 4 rings (SSSR count). The van der Waals surface area contributed by atoms with E-state index in [4.69, 9.17) is 11.6 Å². The van der Waals surface area contributed by atoms with Crippen LogP contribution in [-0.4, -0.2) is 26.6 Å². The second-order valence-electron chi connectivity index (χ2n) is 5.94. The van der Waals surface area contributed by atoms with Gasteiger partial charge in [-0.15, -0.1) is 0 Å². The monoisotopic (exact) mass is 369 g/mol. The summed E-state index contributed by atoms with van der Waals surface area (Å²) in [5.41, 5.74) is 3.19. The molecule has 0 unspecified atom stereocenters. The molecule has 0 amide bonds. The first-order chi connectivity index (χ1) is 12.5. The molecule has 1 aliphatic rings. The van der Waals surface area contributed by atoms with Crippen LogP contribution in [0.5, 0.6) is 0 Å². The zero-order valence-electron chi connectivity index (χ0n) is 13.7. The Morgan fingerprint density at radius 2 is 2.00 bits per heavy atom. The zero-order chi connectivity index (χ0) is 18.4. The Morgan fingerprint density at radius 3 is 2.73 bits per heavy atom. The van der Waals surface area contributed by atoms with Crippen LogP contribution in [0.1, 0.15) is 32.9 Å². The molecule has 26 heavy (non-hydrogen) atoms. The fourth-order valence-electron chi connectivity index (χ4n) is 3.12. The number of carboxylic acids is 1. The molecule has 0 fully saturated rings. The number of halogens is 2. The van der Waals surface area contributed by atoms with Crippen molar-refractivity contribution < 1.29 is 14.3 Å². The maximum atomic E-state index is 14.4. The lowest BCUT2D eigenvalue weighted by Gasteiger charge is -2.12. The molecule has 0 radical (unpaired) electrons. The number of aliphatic imine (C=N–C) groups is 1. The van der Waals surface area contributed by atoms with Gasteiger partial charge in [0.1, 0.15) is 5.82 Å². The standard InChI is InChI=1S/C19H13ClFN3O2/c1-10-16-9-22-18(12-4-2-3-5-14(12)21)13-8-11(20)6-7-15(13)24(16)23-17(10)19(25)26/h2-8H,9H2,1H3,(H,25,26). The van der Waals surface area contributed by atoms with Gasteiger partial charge in [-0.1, -0.05) is 23.7 Å². The fraction of sp³-hybridized carbons (Fsp3) is 0.105. The van der Waals surface area contributed by atoms with E-state index in [1.54, 1.807) is 48.0 Å². The minimum Gasteiger partial charge on any atom is -0.476 e. The molecule has 3 aromatic rings. The Hall–Kier alpha value is -2.99. The molecule has 2 aromatic carbocycles. The molecule has 2 heterocycles. The molecule has 1 aliphatic heterocycles. The lowest BCUT2D eigenvalue weighted by atomic mass is 10.00. The second kappa shape index (κ2) is 6.07. The van der Waals surface area contributed by atoms with E-state index in [0.29, 0.717) is 38.8 Å². The van der Waals surface area contributed by atoms with Crippen LogP contribution in [0.15, 0.2) is 47.5 Å². The molecule has 5 nitrogen and oxygen atoms in total. The first-order valence-electron chi connectivity index (χ1n) is 7.89. The number of hydrogen-bond acceptors (Lipinski definition) is 3. The Balaban J connectivity index is 2.02. The molecule has 0 bridgehead atoms. The van der Waals surface area contributed by atoms with E-state index in [9.17, 15) is 14.3 Å². The van der Waals surface area contributed by atoms with Crippen LogP contribution in [-0.2, 0) is 6.54 Å². The van der Waals surface area contributed by atoms with Gasteiger partial charge in [-0.3, -0.25) is 4.99 Å². The maximum absolute atomic E-state index is 14.4. The number of rotatable bonds is 2. The van der Waals surface area contributed by atoms with Gasteiger partial charge in [0.05, 0.1) is 23.6 Å². The van der Waals surface area contributed by atoms with E-state index in [2.05, 4.69) is 10.1 Å². The number of hydrogen-bond donors (Lipinski definition) is 1. The highest BCUT2D eigenvalue weighted by Gasteiger charge is 2.26. The predicted octanol–water partition coefficient (Wildman–Crippen LogP) is 4.02. The molecular formula is C19H13ClFN3O2. The van der Waals surface area contributed by atoms with Crippen LogP contribution >= 0.6 is 11.6 Å². The van der Waals surface area contributed by atoms with Crippen molar-refractivity contribution in [3.63, 3.8) is 0 Å². The van der Waals surface area contributed by atoms with Crippen molar-refractivity contribution in [1.82, 2.24) is 9.78 Å². The molecule has 0 saturated carbocycles. The van der Waals surface area contributed by atoms with Crippen molar-refractivity contribution >= 4 is 23.3 Å². The van der Waals surface area contributed by atoms with E-state index < -0.39 is 5.97 Å². The molecule has 0 atom stereocenters. The molecule has 0 aliphatic carbocycles. The average molecular weight is 370 g/mol. The van der Waals surface area contributed by atoms with Crippen molar-refractivity contribution in [3.8, 4) is 5.69 Å². The highest BCUT2D eigenvalue weighted by Crippen LogP contribution is 2.30. The molecule has 0 spiro atoms. The Kier molecular flexibility index (Phi) is 3.85. The summed E-state index contributed by atoms with van der Waals surface area (Å²) in [5.74, 6) is -1.49. The van der Waals surface area contributed by atoms with E-state index in [1.165, 1.54) is 6.07 Å². The highest BCUT2D eigenvalue weighted by atomic mass is 35.5. The summed E-state index contributed by atoms with van der Waals surface area (Å²) in [4.78, 5) is 16.0. The molecule has 0 saturated heterocycles. The van der Waals surface area contributed by atoms with Gasteiger partial charge in [0.15, 0.2) is 5.69 Å². The van der Waals surface area contributed by atoms with E-state index in [1.807, 2.05) is 0 Å². The van der Waals surface area contributed by atoms with Gasteiger partial charge in [-0.2, -0.15) is 5.10 Å². The van der Waals surface area contributed by atoms with Gasteiger partial charge >= 0.3 is 5.97 Å². The van der Waals surface area contributed by atoms with Gasteiger partial charge in [0.2, 0.25) is 0 Å². The largest absolute Gasteiger partial charge is 0.476 e. The molecule has 1 N–H and O–H groups in total. The van der Waals surface area contributed by atoms with Crippen LogP contribution in [0.2, 0.25) is 5.02 Å². The number of carboxylic acid groups (broad SMARTS) is 1. The molecular weight excluding hydrogens is 357 g/mol. The van der Waals surface area contributed by atoms with Crippen molar-refractivity contribution in [1.29, 1.82) is 0 Å². The summed E-state index contributed by atoms with van der Waals surface area (Å²) in [7, 11) is 0. The number of fused-ring (bicyclic) bond motifs is 3. The summed E-state index contributed by atoms with van der Waals surface area (Å²) >= 11 is 6.16. The number of nitrogens with zero attached hydrogens (tertiary/aromatic N) is 3. The highest BCUT2D eigenvalue weighted by molar-refractivity contribution is 6.31. The van der Waals surface area contributed by atoms with E-state index >= 15 is 0 Å². The number of carbonyl (C=O) groups is 1. The second-order valence-corrected chi connectivity index (χ2v) is 6.38. The Bertz CT molecular complexity index is 1090. The third-order valence-electron chi connectivity index (χ3n) is 4.40. The van der Waals surface area contributed by atoms with Gasteiger partial charge in [0, 0.05) is 21.7 Å². The normalized spacial score (nSPS) is 12.8. The summed E-state index contributed by atoms with van der Waals surface area (Å²) in [6.07, 6.45) is 0. The van der Waals surface area contributed by atoms with Crippen LogP contribution in [0.25, 0.3) is 5.69 Å². The number of aromatic carboxylic acids is 1.